The summed E-state index contributed by atoms with van der Waals surface area (Å²) in [6.07, 6.45) is -2.26. The lowest BCUT2D eigenvalue weighted by molar-refractivity contribution is 0.141. The van der Waals surface area contributed by atoms with E-state index in [-0.39, 0.29) is 17.0 Å². The van der Waals surface area contributed by atoms with Gasteiger partial charge in [-0.15, -0.1) is 0 Å². The standard InChI is InChI=1S/C17H11BrF4N2O2S/c1-27(25,26)15-11(19)6-9(7-12(15)20)14-13(23-17(24-14)16(21)22)8-3-2-4-10(18)5-8/h2-7,16H,1H3,(H,23,24). The first-order valence-corrected chi connectivity index (χ1v) is 10.1. The lowest BCUT2D eigenvalue weighted by atomic mass is 10.0. The number of hydrogen-bond donors (Lipinski definition) is 1. The number of aromatic nitrogens is 2. The number of sulfone groups is 1. The van der Waals surface area contributed by atoms with Gasteiger partial charge in [0.15, 0.2) is 15.7 Å². The van der Waals surface area contributed by atoms with E-state index in [0.29, 0.717) is 16.3 Å². The monoisotopic (exact) mass is 462 g/mol. The summed E-state index contributed by atoms with van der Waals surface area (Å²) in [4.78, 5) is 5.13. The molecule has 3 rings (SSSR count). The molecule has 142 valence electrons. The summed E-state index contributed by atoms with van der Waals surface area (Å²) < 4.78 is 78.5. The number of halogens is 5. The molecule has 4 nitrogen and oxygen atoms in total. The van der Waals surface area contributed by atoms with Crippen molar-refractivity contribution in [1.82, 2.24) is 9.97 Å². The van der Waals surface area contributed by atoms with Crippen LogP contribution >= 0.6 is 15.9 Å². The summed E-state index contributed by atoms with van der Waals surface area (Å²) in [5, 5.41) is 0. The topological polar surface area (TPSA) is 62.8 Å². The molecule has 0 saturated heterocycles. The molecule has 0 bridgehead atoms. The number of hydrogen-bond acceptors (Lipinski definition) is 3. The zero-order chi connectivity index (χ0) is 19.9. The van der Waals surface area contributed by atoms with Crippen molar-refractivity contribution in [2.45, 2.75) is 11.3 Å². The predicted octanol–water partition coefficient (Wildman–Crippen LogP) is 5.13. The fraction of sp³-hybridized carbons (Fsp3) is 0.118. The van der Waals surface area contributed by atoms with Crippen molar-refractivity contribution in [3.8, 4) is 22.5 Å². The van der Waals surface area contributed by atoms with Crippen LogP contribution in [0.25, 0.3) is 22.5 Å². The quantitative estimate of drug-likeness (QED) is 0.546. The van der Waals surface area contributed by atoms with Gasteiger partial charge in [0.2, 0.25) is 0 Å². The van der Waals surface area contributed by atoms with Gasteiger partial charge in [0.1, 0.15) is 16.5 Å². The third-order valence-corrected chi connectivity index (χ3v) is 5.31. The van der Waals surface area contributed by atoms with Gasteiger partial charge < -0.3 is 4.98 Å². The van der Waals surface area contributed by atoms with E-state index in [2.05, 4.69) is 25.9 Å². The van der Waals surface area contributed by atoms with Gasteiger partial charge in [-0.3, -0.25) is 0 Å². The van der Waals surface area contributed by atoms with Crippen molar-refractivity contribution in [2.24, 2.45) is 0 Å². The highest BCUT2D eigenvalue weighted by atomic mass is 79.9. The number of H-pyrrole nitrogens is 1. The zero-order valence-corrected chi connectivity index (χ0v) is 16.0. The van der Waals surface area contributed by atoms with Crippen LogP contribution in [0.1, 0.15) is 12.2 Å². The van der Waals surface area contributed by atoms with E-state index >= 15 is 0 Å². The van der Waals surface area contributed by atoms with Crippen LogP contribution < -0.4 is 0 Å². The van der Waals surface area contributed by atoms with E-state index in [1.54, 1.807) is 24.3 Å². The number of imidazole rings is 1. The highest BCUT2D eigenvalue weighted by Crippen LogP contribution is 2.35. The second kappa shape index (κ2) is 7.08. The van der Waals surface area contributed by atoms with Crippen LogP contribution in [0.4, 0.5) is 17.6 Å². The average Bonchev–Trinajstić information content (AvgIpc) is 2.98. The second-order valence-electron chi connectivity index (χ2n) is 5.70. The zero-order valence-electron chi connectivity index (χ0n) is 13.6. The molecule has 10 heteroatoms. The molecule has 2 aromatic carbocycles. The van der Waals surface area contributed by atoms with E-state index in [4.69, 9.17) is 0 Å². The van der Waals surface area contributed by atoms with Crippen LogP contribution in [0.2, 0.25) is 0 Å². The Kier molecular flexibility index (Phi) is 5.13. The van der Waals surface area contributed by atoms with Crippen LogP contribution in [-0.2, 0) is 9.84 Å². The Morgan fingerprint density at radius 3 is 2.22 bits per heavy atom. The van der Waals surface area contributed by atoms with Gasteiger partial charge >= 0.3 is 0 Å². The van der Waals surface area contributed by atoms with Gasteiger partial charge in [0.05, 0.1) is 11.4 Å². The Labute approximate surface area is 160 Å². The minimum atomic E-state index is -4.14. The summed E-state index contributed by atoms with van der Waals surface area (Å²) in [6, 6.07) is 8.10. The smallest absolute Gasteiger partial charge is 0.295 e. The molecule has 0 spiro atoms. The average molecular weight is 463 g/mol. The molecular formula is C17H11BrF4N2O2S. The number of aromatic amines is 1. The molecule has 0 fully saturated rings. The molecule has 0 aliphatic rings. The molecule has 0 atom stereocenters. The van der Waals surface area contributed by atoms with Gasteiger partial charge in [-0.2, -0.15) is 0 Å². The molecule has 1 N–H and O–H groups in total. The predicted molar refractivity (Wildman–Crippen MR) is 95.1 cm³/mol. The molecule has 27 heavy (non-hydrogen) atoms. The SMILES string of the molecule is CS(=O)(=O)c1c(F)cc(-c2nc(C(F)F)[nH]c2-c2cccc(Br)c2)cc1F. The molecule has 3 aromatic rings. The summed E-state index contributed by atoms with van der Waals surface area (Å²) in [5.41, 5.74) is 0.279. The van der Waals surface area contributed by atoms with E-state index in [9.17, 15) is 26.0 Å². The number of benzene rings is 2. The maximum Gasteiger partial charge on any atom is 0.295 e. The second-order valence-corrected chi connectivity index (χ2v) is 8.57. The molecule has 0 amide bonds. The van der Waals surface area contributed by atoms with Crippen molar-refractivity contribution in [3.05, 3.63) is 58.3 Å². The first-order chi connectivity index (χ1) is 12.6. The minimum Gasteiger partial charge on any atom is -0.337 e. The normalized spacial score (nSPS) is 12.0. The minimum absolute atomic E-state index is 0.123. The highest BCUT2D eigenvalue weighted by molar-refractivity contribution is 9.10. The Balaban J connectivity index is 2.26. The van der Waals surface area contributed by atoms with Gasteiger partial charge in [-0.1, -0.05) is 28.1 Å². The molecule has 0 aliphatic carbocycles. The highest BCUT2D eigenvalue weighted by Gasteiger charge is 2.24. The number of nitrogens with one attached hydrogen (secondary N) is 1. The van der Waals surface area contributed by atoms with E-state index in [0.717, 1.165) is 12.1 Å². The fourth-order valence-corrected chi connectivity index (χ4v) is 3.83. The van der Waals surface area contributed by atoms with Crippen LogP contribution in [-0.4, -0.2) is 24.6 Å². The van der Waals surface area contributed by atoms with E-state index in [1.165, 1.54) is 0 Å². The molecular weight excluding hydrogens is 452 g/mol. The molecule has 0 saturated carbocycles. The van der Waals surface area contributed by atoms with Gasteiger partial charge in [0.25, 0.3) is 6.43 Å². The number of rotatable bonds is 4. The first-order valence-electron chi connectivity index (χ1n) is 7.41. The Bertz CT molecular complexity index is 1110. The summed E-state index contributed by atoms with van der Waals surface area (Å²) in [7, 11) is -4.14. The summed E-state index contributed by atoms with van der Waals surface area (Å²) >= 11 is 3.26. The van der Waals surface area contributed by atoms with Gasteiger partial charge in [-0.25, -0.2) is 31.0 Å². The Hall–Kier alpha value is -2.20. The Morgan fingerprint density at radius 2 is 1.70 bits per heavy atom. The molecule has 1 heterocycles. The Morgan fingerprint density at radius 1 is 1.07 bits per heavy atom. The summed E-state index contributed by atoms with van der Waals surface area (Å²) in [5.74, 6) is -3.32. The third-order valence-electron chi connectivity index (χ3n) is 3.68. The van der Waals surface area contributed by atoms with Crippen LogP contribution in [0.15, 0.2) is 45.8 Å². The molecule has 0 radical (unpaired) electrons. The largest absolute Gasteiger partial charge is 0.337 e. The molecule has 0 aliphatic heterocycles. The van der Waals surface area contributed by atoms with E-state index in [1.807, 2.05) is 0 Å². The van der Waals surface area contributed by atoms with Gasteiger partial charge in [-0.05, 0) is 24.3 Å². The van der Waals surface area contributed by atoms with Crippen molar-refractivity contribution in [1.29, 1.82) is 0 Å². The molecule has 0 unspecified atom stereocenters. The van der Waals surface area contributed by atoms with Crippen LogP contribution in [0.3, 0.4) is 0 Å². The van der Waals surface area contributed by atoms with Crippen molar-refractivity contribution in [3.63, 3.8) is 0 Å². The fourth-order valence-electron chi connectivity index (χ4n) is 2.61. The first kappa shape index (κ1) is 19.6. The maximum absolute atomic E-state index is 14.2. The number of alkyl halides is 2. The van der Waals surface area contributed by atoms with Crippen molar-refractivity contribution >= 4 is 25.8 Å². The lowest BCUT2D eigenvalue weighted by Gasteiger charge is -2.07. The van der Waals surface area contributed by atoms with Crippen molar-refractivity contribution in [2.75, 3.05) is 6.26 Å². The summed E-state index contributed by atoms with van der Waals surface area (Å²) in [6.45, 7) is 0. The maximum atomic E-state index is 14.2. The third kappa shape index (κ3) is 3.91. The lowest BCUT2D eigenvalue weighted by Crippen LogP contribution is -2.05. The molecule has 1 aromatic heterocycles. The number of nitrogens with zero attached hydrogens (tertiary/aromatic N) is 1. The van der Waals surface area contributed by atoms with E-state index < -0.39 is 38.6 Å². The van der Waals surface area contributed by atoms with Crippen LogP contribution in [0.5, 0.6) is 0 Å². The van der Waals surface area contributed by atoms with Crippen molar-refractivity contribution < 1.29 is 26.0 Å². The van der Waals surface area contributed by atoms with Crippen LogP contribution in [0, 0.1) is 11.6 Å². The van der Waals surface area contributed by atoms with Gasteiger partial charge in [0, 0.05) is 21.9 Å².